The van der Waals surface area contributed by atoms with Crippen LogP contribution in [0.4, 0.5) is 17.1 Å². The first-order chi connectivity index (χ1) is 16.8. The van der Waals surface area contributed by atoms with Gasteiger partial charge in [-0.25, -0.2) is 9.59 Å². The molecule has 0 spiro atoms. The summed E-state index contributed by atoms with van der Waals surface area (Å²) in [6.07, 6.45) is 3.06. The number of carbonyl (C=O) groups excluding carboxylic acids is 1. The van der Waals surface area contributed by atoms with Crippen molar-refractivity contribution in [3.05, 3.63) is 104 Å². The van der Waals surface area contributed by atoms with E-state index in [2.05, 4.69) is 4.98 Å². The topological polar surface area (TPSA) is 220 Å². The fraction of sp³-hybridized carbons (Fsp3) is 0.0909. The van der Waals surface area contributed by atoms with Gasteiger partial charge in [-0.3, -0.25) is 30.0 Å². The van der Waals surface area contributed by atoms with E-state index in [-0.39, 0.29) is 0 Å². The third kappa shape index (κ3) is 9.22. The van der Waals surface area contributed by atoms with Crippen LogP contribution in [0.2, 0.25) is 0 Å². The van der Waals surface area contributed by atoms with Gasteiger partial charge in [-0.1, -0.05) is 0 Å². The van der Waals surface area contributed by atoms with Gasteiger partial charge < -0.3 is 20.8 Å². The zero-order chi connectivity index (χ0) is 27.4. The van der Waals surface area contributed by atoms with Crippen molar-refractivity contribution in [2.45, 2.75) is 0 Å². The van der Waals surface area contributed by atoms with Crippen LogP contribution in [0.5, 0.6) is 0 Å². The van der Waals surface area contributed by atoms with E-state index in [0.29, 0.717) is 17.2 Å². The smallest absolute Gasteiger partial charge is 0.336 e. The molecule has 0 radical (unpaired) electrons. The molecular formula is C22H21N5O9. The zero-order valence-corrected chi connectivity index (χ0v) is 19.0. The molecule has 0 aliphatic heterocycles. The van der Waals surface area contributed by atoms with Gasteiger partial charge in [0, 0.05) is 49.9 Å². The number of hydrogen-bond donors (Lipinski definition) is 3. The summed E-state index contributed by atoms with van der Waals surface area (Å²) < 4.78 is 0. The number of hydrogen-bond acceptors (Lipinski definition) is 9. The van der Waals surface area contributed by atoms with E-state index in [1.165, 1.54) is 12.4 Å². The van der Waals surface area contributed by atoms with Crippen LogP contribution < -0.4 is 10.6 Å². The second kappa shape index (κ2) is 13.3. The number of carboxylic acids is 2. The molecule has 0 fully saturated rings. The number of carbonyl (C=O) groups is 3. The largest absolute Gasteiger partial charge is 0.478 e. The molecule has 3 aromatic rings. The Hall–Kier alpha value is -5.40. The van der Waals surface area contributed by atoms with Gasteiger partial charge in [0.05, 0.1) is 27.0 Å². The lowest BCUT2D eigenvalue weighted by atomic mass is 10.2. The molecular weight excluding hydrogens is 478 g/mol. The van der Waals surface area contributed by atoms with Crippen molar-refractivity contribution in [1.82, 2.24) is 4.98 Å². The zero-order valence-electron chi connectivity index (χ0n) is 19.0. The van der Waals surface area contributed by atoms with Crippen molar-refractivity contribution in [3.63, 3.8) is 0 Å². The molecule has 0 bridgehead atoms. The molecule has 0 atom stereocenters. The van der Waals surface area contributed by atoms with Gasteiger partial charge in [0.2, 0.25) is 5.91 Å². The summed E-state index contributed by atoms with van der Waals surface area (Å²) in [5, 5.41) is 37.8. The Labute approximate surface area is 203 Å². The molecule has 0 saturated heterocycles. The Bertz CT molecular complexity index is 1170. The monoisotopic (exact) mass is 499 g/mol. The molecule has 0 saturated carbocycles. The number of carboxylic acid groups (broad SMARTS) is 2. The lowest BCUT2D eigenvalue weighted by molar-refractivity contribution is -0.394. The lowest BCUT2D eigenvalue weighted by Crippen LogP contribution is -2.10. The normalized spacial score (nSPS) is 9.39. The van der Waals surface area contributed by atoms with E-state index in [1.807, 2.05) is 19.0 Å². The van der Waals surface area contributed by atoms with Crippen LogP contribution in [0.15, 0.2) is 67.0 Å². The van der Waals surface area contributed by atoms with E-state index >= 15 is 0 Å². The third-order valence-corrected chi connectivity index (χ3v) is 4.17. The summed E-state index contributed by atoms with van der Waals surface area (Å²) in [5.74, 6) is -2.76. The molecule has 4 N–H and O–H groups in total. The Morgan fingerprint density at radius 2 is 1.22 bits per heavy atom. The van der Waals surface area contributed by atoms with Gasteiger partial charge in [-0.05, 0) is 36.4 Å². The highest BCUT2D eigenvalue weighted by Crippen LogP contribution is 2.22. The average molecular weight is 499 g/mol. The Morgan fingerprint density at radius 1 is 0.778 bits per heavy atom. The van der Waals surface area contributed by atoms with Crippen LogP contribution in [0, 0.1) is 20.2 Å². The van der Waals surface area contributed by atoms with E-state index in [9.17, 15) is 34.6 Å². The number of anilines is 1. The van der Waals surface area contributed by atoms with Gasteiger partial charge in [0.25, 0.3) is 11.4 Å². The maximum Gasteiger partial charge on any atom is 0.336 e. The van der Waals surface area contributed by atoms with Crippen LogP contribution >= 0.6 is 0 Å². The van der Waals surface area contributed by atoms with Crippen LogP contribution in [0.1, 0.15) is 31.1 Å². The minimum atomic E-state index is -1.46. The Morgan fingerprint density at radius 3 is 1.53 bits per heavy atom. The number of amides is 1. The van der Waals surface area contributed by atoms with E-state index in [4.69, 9.17) is 15.9 Å². The average Bonchev–Trinajstić information content (AvgIpc) is 2.85. The minimum absolute atomic E-state index is 0.320. The number of aromatic carboxylic acids is 2. The quantitative estimate of drug-likeness (QED) is 0.330. The van der Waals surface area contributed by atoms with Gasteiger partial charge in [-0.15, -0.1) is 0 Å². The number of nitro benzene ring substituents is 2. The Kier molecular flexibility index (Phi) is 10.6. The molecule has 0 aliphatic carbocycles. The van der Waals surface area contributed by atoms with Crippen molar-refractivity contribution in [2.24, 2.45) is 5.73 Å². The molecule has 0 aliphatic rings. The molecule has 36 heavy (non-hydrogen) atoms. The van der Waals surface area contributed by atoms with Crippen molar-refractivity contribution in [3.8, 4) is 0 Å². The van der Waals surface area contributed by atoms with Crippen molar-refractivity contribution in [2.75, 3.05) is 19.0 Å². The molecule has 1 heterocycles. The molecule has 3 rings (SSSR count). The van der Waals surface area contributed by atoms with Crippen molar-refractivity contribution < 1.29 is 34.4 Å². The first kappa shape index (κ1) is 28.6. The molecule has 188 valence electrons. The second-order valence-corrected chi connectivity index (χ2v) is 6.90. The summed E-state index contributed by atoms with van der Waals surface area (Å²) in [7, 11) is 3.82. The summed E-state index contributed by atoms with van der Waals surface area (Å²) in [6.45, 7) is 0. The van der Waals surface area contributed by atoms with Gasteiger partial charge >= 0.3 is 11.9 Å². The highest BCUT2D eigenvalue weighted by molar-refractivity contribution is 5.92. The molecule has 14 heteroatoms. The summed E-state index contributed by atoms with van der Waals surface area (Å²) in [6, 6.07) is 12.1. The molecule has 14 nitrogen and oxygen atoms in total. The molecule has 1 amide bonds. The maximum atomic E-state index is 10.5. The lowest BCUT2D eigenvalue weighted by Gasteiger charge is -2.11. The first-order valence-electron chi connectivity index (χ1n) is 9.71. The standard InChI is InChI=1S/C9H11NO2.C7H4N2O6.C6H6N2O/c1-10(2)8-5-3-7(4-6-8)9(11)12;10-7(11)4-1-5(8(12)13)3-6(2-4)9(14)15;7-6(9)5-1-3-8-4-2-5/h3-6H,1-2H3,(H,11,12);1-3H,(H,10,11);1-4H,(H2,7,9). The molecule has 1 aromatic heterocycles. The number of aromatic nitrogens is 1. The van der Waals surface area contributed by atoms with Gasteiger partial charge in [0.1, 0.15) is 0 Å². The van der Waals surface area contributed by atoms with E-state index in [1.54, 1.807) is 36.4 Å². The molecule has 0 unspecified atom stereocenters. The highest BCUT2D eigenvalue weighted by Gasteiger charge is 2.19. The highest BCUT2D eigenvalue weighted by atomic mass is 16.6. The number of pyridine rings is 1. The molecule has 2 aromatic carbocycles. The second-order valence-electron chi connectivity index (χ2n) is 6.90. The third-order valence-electron chi connectivity index (χ3n) is 4.17. The van der Waals surface area contributed by atoms with E-state index < -0.39 is 44.6 Å². The van der Waals surface area contributed by atoms with E-state index in [0.717, 1.165) is 17.8 Å². The summed E-state index contributed by atoms with van der Waals surface area (Å²) in [4.78, 5) is 55.9. The predicted octanol–water partition coefficient (Wildman–Crippen LogP) is 2.83. The number of primary amides is 1. The minimum Gasteiger partial charge on any atom is -0.478 e. The fourth-order valence-electron chi connectivity index (χ4n) is 2.35. The maximum absolute atomic E-state index is 10.5. The summed E-state index contributed by atoms with van der Waals surface area (Å²) in [5.41, 5.74) is 5.02. The van der Waals surface area contributed by atoms with Crippen LogP contribution in [-0.4, -0.2) is 57.0 Å². The fourth-order valence-corrected chi connectivity index (χ4v) is 2.35. The van der Waals surface area contributed by atoms with Crippen LogP contribution in [0.3, 0.4) is 0 Å². The number of benzene rings is 2. The first-order valence-corrected chi connectivity index (χ1v) is 9.71. The number of non-ortho nitro benzene ring substituents is 2. The summed E-state index contributed by atoms with van der Waals surface area (Å²) >= 11 is 0. The van der Waals surface area contributed by atoms with Crippen LogP contribution in [0.25, 0.3) is 0 Å². The number of nitro groups is 2. The van der Waals surface area contributed by atoms with Gasteiger partial charge in [-0.2, -0.15) is 0 Å². The van der Waals surface area contributed by atoms with Gasteiger partial charge in [0.15, 0.2) is 0 Å². The van der Waals surface area contributed by atoms with Crippen molar-refractivity contribution in [1.29, 1.82) is 0 Å². The number of nitrogens with two attached hydrogens (primary N) is 1. The SMILES string of the molecule is CN(C)c1ccc(C(=O)O)cc1.NC(=O)c1ccncc1.O=C(O)c1cc([N+](=O)[O-])cc([N+](=O)[O-])c1. The Balaban J connectivity index is 0.000000279. The number of nitrogens with zero attached hydrogens (tertiary/aromatic N) is 4. The number of rotatable bonds is 6. The van der Waals surface area contributed by atoms with Crippen LogP contribution in [-0.2, 0) is 0 Å². The van der Waals surface area contributed by atoms with Crippen molar-refractivity contribution >= 4 is 34.9 Å². The predicted molar refractivity (Wildman–Crippen MR) is 127 cm³/mol.